The Morgan fingerprint density at radius 3 is 2.58 bits per heavy atom. The average Bonchev–Trinajstić information content (AvgIpc) is 2.59. The number of nitrogens with one attached hydrogen (secondary N) is 2. The second-order valence-electron chi connectivity index (χ2n) is 4.80. The summed E-state index contributed by atoms with van der Waals surface area (Å²) in [5, 5.41) is 5.83. The molecule has 2 rings (SSSR count). The number of carbonyl (C=O) groups is 2. The topological polar surface area (TPSA) is 67.4 Å². The third-order valence-electron chi connectivity index (χ3n) is 2.98. The van der Waals surface area contributed by atoms with Crippen molar-refractivity contribution in [2.45, 2.75) is 4.90 Å². The zero-order valence-electron chi connectivity index (χ0n) is 13.0. The number of anilines is 1. The van der Waals surface area contributed by atoms with Crippen LogP contribution in [0.25, 0.3) is 0 Å². The molecule has 0 saturated carbocycles. The fraction of sp³-hybridized carbons (Fsp3) is 0.176. The van der Waals surface area contributed by atoms with Crippen LogP contribution >= 0.6 is 23.4 Å². The van der Waals surface area contributed by atoms with E-state index in [2.05, 4.69) is 10.6 Å². The van der Waals surface area contributed by atoms with Crippen molar-refractivity contribution in [3.05, 3.63) is 53.6 Å². The average molecular weight is 365 g/mol. The molecule has 2 aromatic carbocycles. The van der Waals surface area contributed by atoms with E-state index in [1.165, 1.54) is 0 Å². The first kappa shape index (κ1) is 18.2. The summed E-state index contributed by atoms with van der Waals surface area (Å²) in [6.45, 7) is -0.289. The van der Waals surface area contributed by atoms with E-state index in [-0.39, 0.29) is 25.0 Å². The van der Waals surface area contributed by atoms with E-state index < -0.39 is 0 Å². The normalized spacial score (nSPS) is 10.1. The van der Waals surface area contributed by atoms with E-state index >= 15 is 0 Å². The molecule has 126 valence electrons. The van der Waals surface area contributed by atoms with Crippen LogP contribution in [0.3, 0.4) is 0 Å². The second kappa shape index (κ2) is 9.20. The highest BCUT2D eigenvalue weighted by Crippen LogP contribution is 2.18. The molecular formula is C17H17ClN2O3S. The zero-order valence-corrected chi connectivity index (χ0v) is 14.6. The van der Waals surface area contributed by atoms with Gasteiger partial charge in [0.1, 0.15) is 5.75 Å². The molecular weight excluding hydrogens is 348 g/mol. The van der Waals surface area contributed by atoms with Crippen molar-refractivity contribution in [1.29, 1.82) is 0 Å². The van der Waals surface area contributed by atoms with Gasteiger partial charge in [-0.05, 0) is 48.7 Å². The minimum absolute atomic E-state index is 0.119. The smallest absolute Gasteiger partial charge is 0.258 e. The number of carbonyl (C=O) groups excluding carboxylic acids is 2. The van der Waals surface area contributed by atoms with Crippen LogP contribution in [0.5, 0.6) is 5.75 Å². The predicted octanol–water partition coefficient (Wildman–Crippen LogP) is 3.20. The van der Waals surface area contributed by atoms with E-state index in [9.17, 15) is 9.59 Å². The van der Waals surface area contributed by atoms with Crippen LogP contribution in [0.2, 0.25) is 5.02 Å². The fourth-order valence-electron chi connectivity index (χ4n) is 1.82. The summed E-state index contributed by atoms with van der Waals surface area (Å²) in [4.78, 5) is 24.6. The van der Waals surface area contributed by atoms with Crippen LogP contribution in [0, 0.1) is 0 Å². The maximum Gasteiger partial charge on any atom is 0.258 e. The highest BCUT2D eigenvalue weighted by atomic mass is 35.5. The monoisotopic (exact) mass is 364 g/mol. The van der Waals surface area contributed by atoms with Crippen LogP contribution in [0.4, 0.5) is 5.69 Å². The first-order chi connectivity index (χ1) is 11.6. The van der Waals surface area contributed by atoms with Crippen LogP contribution in [-0.4, -0.2) is 31.2 Å². The standard InChI is InChI=1S/C17H17ClN2O3S/c1-24-15-4-2-3-13(9-15)20-16(21)10-19-17(22)11-23-14-7-5-12(18)6-8-14/h2-9H,10-11H2,1H3,(H,19,22)(H,20,21). The van der Waals surface area contributed by atoms with Crippen LogP contribution in [-0.2, 0) is 9.59 Å². The first-order valence-electron chi connectivity index (χ1n) is 7.16. The molecule has 2 aromatic rings. The summed E-state index contributed by atoms with van der Waals surface area (Å²) in [6.07, 6.45) is 1.96. The third-order valence-corrected chi connectivity index (χ3v) is 3.96. The maximum absolute atomic E-state index is 11.8. The zero-order chi connectivity index (χ0) is 17.4. The van der Waals surface area contributed by atoms with Gasteiger partial charge in [0, 0.05) is 15.6 Å². The minimum atomic E-state index is -0.377. The molecule has 0 aliphatic carbocycles. The van der Waals surface area contributed by atoms with Crippen LogP contribution in [0.15, 0.2) is 53.4 Å². The Morgan fingerprint density at radius 2 is 1.88 bits per heavy atom. The van der Waals surface area contributed by atoms with Crippen molar-refractivity contribution >= 4 is 40.9 Å². The summed E-state index contributed by atoms with van der Waals surface area (Å²) >= 11 is 7.35. The van der Waals surface area contributed by atoms with Crippen LogP contribution in [0.1, 0.15) is 0 Å². The molecule has 2 N–H and O–H groups in total. The van der Waals surface area contributed by atoms with Gasteiger partial charge in [-0.3, -0.25) is 9.59 Å². The highest BCUT2D eigenvalue weighted by Gasteiger charge is 2.07. The lowest BCUT2D eigenvalue weighted by Crippen LogP contribution is -2.35. The van der Waals surface area contributed by atoms with Gasteiger partial charge in [-0.15, -0.1) is 11.8 Å². The molecule has 0 spiro atoms. The Hall–Kier alpha value is -2.18. The van der Waals surface area contributed by atoms with E-state index in [4.69, 9.17) is 16.3 Å². The minimum Gasteiger partial charge on any atom is -0.484 e. The van der Waals surface area contributed by atoms with E-state index in [0.29, 0.717) is 16.5 Å². The third kappa shape index (κ3) is 6.14. The van der Waals surface area contributed by atoms with Crippen molar-refractivity contribution in [3.8, 4) is 5.75 Å². The van der Waals surface area contributed by atoms with Gasteiger partial charge < -0.3 is 15.4 Å². The fourth-order valence-corrected chi connectivity index (χ4v) is 2.40. The quantitative estimate of drug-likeness (QED) is 0.740. The highest BCUT2D eigenvalue weighted by molar-refractivity contribution is 7.98. The number of thioether (sulfide) groups is 1. The number of ether oxygens (including phenoxy) is 1. The van der Waals surface area contributed by atoms with Crippen molar-refractivity contribution in [1.82, 2.24) is 5.32 Å². The van der Waals surface area contributed by atoms with E-state index in [1.54, 1.807) is 42.1 Å². The number of halogens is 1. The molecule has 0 aromatic heterocycles. The Labute approximate surface area is 149 Å². The van der Waals surface area contributed by atoms with E-state index in [0.717, 1.165) is 4.90 Å². The SMILES string of the molecule is CSc1cccc(NC(=O)CNC(=O)COc2ccc(Cl)cc2)c1. The van der Waals surface area contributed by atoms with Gasteiger partial charge in [0.05, 0.1) is 6.54 Å². The van der Waals surface area contributed by atoms with E-state index in [1.807, 2.05) is 24.5 Å². The number of benzene rings is 2. The Kier molecular flexibility index (Phi) is 6.96. The summed E-state index contributed by atoms with van der Waals surface area (Å²) in [7, 11) is 0. The summed E-state index contributed by atoms with van der Waals surface area (Å²) in [5.41, 5.74) is 0.693. The van der Waals surface area contributed by atoms with Crippen molar-refractivity contribution in [3.63, 3.8) is 0 Å². The lowest BCUT2D eigenvalue weighted by molar-refractivity contribution is -0.125. The molecule has 0 unspecified atom stereocenters. The molecule has 7 heteroatoms. The van der Waals surface area contributed by atoms with Gasteiger partial charge in [0.25, 0.3) is 5.91 Å². The van der Waals surface area contributed by atoms with Gasteiger partial charge in [-0.1, -0.05) is 17.7 Å². The van der Waals surface area contributed by atoms with Gasteiger partial charge >= 0.3 is 0 Å². The molecule has 0 heterocycles. The summed E-state index contributed by atoms with van der Waals surface area (Å²) in [5.74, 6) is -0.140. The maximum atomic E-state index is 11.8. The van der Waals surface area contributed by atoms with Crippen molar-refractivity contribution in [2.75, 3.05) is 24.7 Å². The van der Waals surface area contributed by atoms with Gasteiger partial charge in [-0.2, -0.15) is 0 Å². The number of rotatable bonds is 7. The molecule has 0 atom stereocenters. The molecule has 0 aliphatic heterocycles. The molecule has 24 heavy (non-hydrogen) atoms. The lowest BCUT2D eigenvalue weighted by atomic mass is 10.3. The molecule has 0 saturated heterocycles. The number of hydrogen-bond acceptors (Lipinski definition) is 4. The Bertz CT molecular complexity index is 707. The van der Waals surface area contributed by atoms with Gasteiger partial charge in [0.15, 0.2) is 6.61 Å². The molecule has 2 amide bonds. The van der Waals surface area contributed by atoms with Gasteiger partial charge in [0.2, 0.25) is 5.91 Å². The molecule has 0 fully saturated rings. The predicted molar refractivity (Wildman–Crippen MR) is 96.8 cm³/mol. The second-order valence-corrected chi connectivity index (χ2v) is 6.12. The largest absolute Gasteiger partial charge is 0.484 e. The first-order valence-corrected chi connectivity index (χ1v) is 8.76. The Balaban J connectivity index is 1.72. The molecule has 0 aliphatic rings. The molecule has 5 nitrogen and oxygen atoms in total. The van der Waals surface area contributed by atoms with Crippen molar-refractivity contribution < 1.29 is 14.3 Å². The van der Waals surface area contributed by atoms with Crippen molar-refractivity contribution in [2.24, 2.45) is 0 Å². The summed E-state index contributed by atoms with van der Waals surface area (Å²) in [6, 6.07) is 14.2. The van der Waals surface area contributed by atoms with Gasteiger partial charge in [-0.25, -0.2) is 0 Å². The molecule has 0 bridgehead atoms. The summed E-state index contributed by atoms with van der Waals surface area (Å²) < 4.78 is 5.30. The van der Waals surface area contributed by atoms with Crippen LogP contribution < -0.4 is 15.4 Å². The Morgan fingerprint density at radius 1 is 1.12 bits per heavy atom. The number of amides is 2. The number of hydrogen-bond donors (Lipinski definition) is 2. The lowest BCUT2D eigenvalue weighted by Gasteiger charge is -2.09. The molecule has 0 radical (unpaired) electrons.